The molecular weight excluding hydrogens is 324 g/mol. The summed E-state index contributed by atoms with van der Waals surface area (Å²) in [5.74, 6) is -1.28. The van der Waals surface area contributed by atoms with Crippen LogP contribution in [-0.4, -0.2) is 11.1 Å². The van der Waals surface area contributed by atoms with Gasteiger partial charge in [0.15, 0.2) is 0 Å². The summed E-state index contributed by atoms with van der Waals surface area (Å²) >= 11 is 1.55. The number of carboxylic acids is 1. The molecule has 0 heterocycles. The van der Waals surface area contributed by atoms with Crippen LogP contribution in [0.15, 0.2) is 18.2 Å². The lowest BCUT2D eigenvalue weighted by atomic mass is 10.0. The van der Waals surface area contributed by atoms with Gasteiger partial charge in [0, 0.05) is 3.57 Å². The topological polar surface area (TPSA) is 37.3 Å². The van der Waals surface area contributed by atoms with Crippen molar-refractivity contribution in [2.75, 3.05) is 0 Å². The second kappa shape index (κ2) is 4.38. The molecule has 0 radical (unpaired) electrons. The van der Waals surface area contributed by atoms with Crippen molar-refractivity contribution in [1.29, 1.82) is 0 Å². The Labute approximate surface area is 97.2 Å². The number of alkyl halides is 3. The van der Waals surface area contributed by atoms with Gasteiger partial charge in [0.25, 0.3) is 0 Å². The van der Waals surface area contributed by atoms with Crippen LogP contribution < -0.4 is 0 Å². The molecule has 15 heavy (non-hydrogen) atoms. The molecule has 0 aliphatic heterocycles. The maximum Gasteiger partial charge on any atom is 0.417 e. The van der Waals surface area contributed by atoms with Crippen LogP contribution in [0.1, 0.15) is 11.1 Å². The zero-order chi connectivity index (χ0) is 11.6. The van der Waals surface area contributed by atoms with Crippen molar-refractivity contribution >= 4 is 28.6 Å². The van der Waals surface area contributed by atoms with Gasteiger partial charge >= 0.3 is 12.1 Å². The average molecular weight is 330 g/mol. The van der Waals surface area contributed by atoms with Gasteiger partial charge in [-0.3, -0.25) is 4.79 Å². The number of halogens is 4. The highest BCUT2D eigenvalue weighted by molar-refractivity contribution is 14.1. The van der Waals surface area contributed by atoms with Gasteiger partial charge in [0.1, 0.15) is 0 Å². The minimum absolute atomic E-state index is 0.0128. The zero-order valence-corrected chi connectivity index (χ0v) is 9.46. The molecule has 0 fully saturated rings. The van der Waals surface area contributed by atoms with Gasteiger partial charge in [0.2, 0.25) is 0 Å². The SMILES string of the molecule is O=C(O)Cc1cccc(I)c1C(F)(F)F. The zero-order valence-electron chi connectivity index (χ0n) is 7.31. The normalized spacial score (nSPS) is 11.5. The van der Waals surface area contributed by atoms with Crippen LogP contribution >= 0.6 is 22.6 Å². The van der Waals surface area contributed by atoms with Gasteiger partial charge in [-0.05, 0) is 34.2 Å². The maximum absolute atomic E-state index is 12.6. The first kappa shape index (κ1) is 12.3. The van der Waals surface area contributed by atoms with Gasteiger partial charge < -0.3 is 5.11 Å². The second-order valence-corrected chi connectivity index (χ2v) is 4.00. The van der Waals surface area contributed by atoms with E-state index < -0.39 is 24.1 Å². The molecule has 82 valence electrons. The first-order valence-electron chi connectivity index (χ1n) is 3.88. The molecule has 0 aromatic heterocycles. The van der Waals surface area contributed by atoms with Crippen LogP contribution in [0.4, 0.5) is 13.2 Å². The number of rotatable bonds is 2. The summed E-state index contributed by atoms with van der Waals surface area (Å²) in [7, 11) is 0. The van der Waals surface area contributed by atoms with Crippen molar-refractivity contribution in [3.63, 3.8) is 0 Å². The van der Waals surface area contributed by atoms with Crippen LogP contribution in [-0.2, 0) is 17.4 Å². The third-order valence-corrected chi connectivity index (χ3v) is 2.62. The molecule has 0 aliphatic rings. The summed E-state index contributed by atoms with van der Waals surface area (Å²) < 4.78 is 37.7. The Bertz CT molecular complexity index is 387. The number of hydrogen-bond donors (Lipinski definition) is 1. The fourth-order valence-corrected chi connectivity index (χ4v) is 2.06. The molecule has 0 aliphatic carbocycles. The van der Waals surface area contributed by atoms with E-state index in [0.717, 1.165) is 0 Å². The second-order valence-electron chi connectivity index (χ2n) is 2.84. The number of aliphatic carboxylic acids is 1. The fraction of sp³-hybridized carbons (Fsp3) is 0.222. The summed E-state index contributed by atoms with van der Waals surface area (Å²) in [6.07, 6.45) is -5.13. The third-order valence-electron chi connectivity index (χ3n) is 1.73. The van der Waals surface area contributed by atoms with Crippen molar-refractivity contribution in [3.05, 3.63) is 32.9 Å². The smallest absolute Gasteiger partial charge is 0.417 e. The highest BCUT2D eigenvalue weighted by Crippen LogP contribution is 2.35. The van der Waals surface area contributed by atoms with Gasteiger partial charge in [-0.25, -0.2) is 0 Å². The summed E-state index contributed by atoms with van der Waals surface area (Å²) in [5, 5.41) is 8.48. The fourth-order valence-electron chi connectivity index (χ4n) is 1.20. The number of hydrogen-bond acceptors (Lipinski definition) is 1. The number of benzene rings is 1. The predicted molar refractivity (Wildman–Crippen MR) is 55.5 cm³/mol. The number of carbonyl (C=O) groups is 1. The van der Waals surface area contributed by atoms with E-state index in [0.29, 0.717) is 0 Å². The van der Waals surface area contributed by atoms with Gasteiger partial charge in [-0.1, -0.05) is 12.1 Å². The van der Waals surface area contributed by atoms with E-state index in [1.165, 1.54) is 18.2 Å². The van der Waals surface area contributed by atoms with E-state index in [9.17, 15) is 18.0 Å². The Hall–Kier alpha value is -0.790. The maximum atomic E-state index is 12.6. The molecule has 0 amide bonds. The molecule has 2 nitrogen and oxygen atoms in total. The van der Waals surface area contributed by atoms with Gasteiger partial charge in [-0.15, -0.1) is 0 Å². The van der Waals surface area contributed by atoms with Crippen molar-refractivity contribution in [1.82, 2.24) is 0 Å². The molecule has 0 atom stereocenters. The summed E-state index contributed by atoms with van der Waals surface area (Å²) in [6.45, 7) is 0. The summed E-state index contributed by atoms with van der Waals surface area (Å²) in [6, 6.07) is 3.89. The average Bonchev–Trinajstić information content (AvgIpc) is 1.99. The van der Waals surface area contributed by atoms with E-state index in [-0.39, 0.29) is 9.13 Å². The van der Waals surface area contributed by atoms with Crippen LogP contribution in [0.5, 0.6) is 0 Å². The van der Waals surface area contributed by atoms with E-state index >= 15 is 0 Å². The third kappa shape index (κ3) is 3.08. The molecule has 0 bridgehead atoms. The van der Waals surface area contributed by atoms with Crippen molar-refractivity contribution in [3.8, 4) is 0 Å². The quantitative estimate of drug-likeness (QED) is 0.847. The van der Waals surface area contributed by atoms with E-state index in [1.54, 1.807) is 22.6 Å². The summed E-state index contributed by atoms with van der Waals surface area (Å²) in [5.41, 5.74) is -1.06. The van der Waals surface area contributed by atoms with Gasteiger partial charge in [-0.2, -0.15) is 13.2 Å². The molecule has 0 unspecified atom stereocenters. The Morgan fingerprint density at radius 3 is 2.47 bits per heavy atom. The largest absolute Gasteiger partial charge is 0.481 e. The van der Waals surface area contributed by atoms with E-state index in [2.05, 4.69) is 0 Å². The molecule has 6 heteroatoms. The lowest BCUT2D eigenvalue weighted by Crippen LogP contribution is -2.14. The lowest BCUT2D eigenvalue weighted by Gasteiger charge is -2.13. The molecule has 0 saturated heterocycles. The van der Waals surface area contributed by atoms with Crippen LogP contribution in [0.2, 0.25) is 0 Å². The van der Waals surface area contributed by atoms with E-state index in [4.69, 9.17) is 5.11 Å². The van der Waals surface area contributed by atoms with Gasteiger partial charge in [0.05, 0.1) is 12.0 Å². The predicted octanol–water partition coefficient (Wildman–Crippen LogP) is 2.94. The first-order chi connectivity index (χ1) is 6.82. The molecule has 0 spiro atoms. The van der Waals surface area contributed by atoms with Crippen LogP contribution in [0.25, 0.3) is 0 Å². The Balaban J connectivity index is 3.27. The minimum atomic E-state index is -4.51. The Morgan fingerprint density at radius 2 is 2.00 bits per heavy atom. The van der Waals surface area contributed by atoms with Crippen molar-refractivity contribution in [2.45, 2.75) is 12.6 Å². The number of carboxylic acid groups (broad SMARTS) is 1. The standard InChI is InChI=1S/C9H6F3IO2/c10-9(11,12)8-5(4-7(14)15)2-1-3-6(8)13/h1-3H,4H2,(H,14,15). The Kier molecular flexibility index (Phi) is 3.58. The van der Waals surface area contributed by atoms with Crippen molar-refractivity contribution in [2.24, 2.45) is 0 Å². The molecule has 1 aromatic rings. The van der Waals surface area contributed by atoms with E-state index in [1.807, 2.05) is 0 Å². The van der Waals surface area contributed by atoms with Crippen LogP contribution in [0, 0.1) is 3.57 Å². The minimum Gasteiger partial charge on any atom is -0.481 e. The van der Waals surface area contributed by atoms with Crippen molar-refractivity contribution < 1.29 is 23.1 Å². The molecule has 1 N–H and O–H groups in total. The summed E-state index contributed by atoms with van der Waals surface area (Å²) in [4.78, 5) is 10.4. The first-order valence-corrected chi connectivity index (χ1v) is 4.96. The molecule has 0 saturated carbocycles. The molecular formula is C9H6F3IO2. The lowest BCUT2D eigenvalue weighted by molar-refractivity contribution is -0.140. The Morgan fingerprint density at radius 1 is 1.40 bits per heavy atom. The molecule has 1 aromatic carbocycles. The molecule has 1 rings (SSSR count). The van der Waals surface area contributed by atoms with Crippen LogP contribution in [0.3, 0.4) is 0 Å². The highest BCUT2D eigenvalue weighted by Gasteiger charge is 2.35. The monoisotopic (exact) mass is 330 g/mol. The highest BCUT2D eigenvalue weighted by atomic mass is 127.